The van der Waals surface area contributed by atoms with Gasteiger partial charge < -0.3 is 5.11 Å². The molecule has 0 radical (unpaired) electrons. The van der Waals surface area contributed by atoms with Gasteiger partial charge in [-0.2, -0.15) is 0 Å². The molecule has 0 saturated heterocycles. The first-order chi connectivity index (χ1) is 12.2. The lowest BCUT2D eigenvalue weighted by molar-refractivity contribution is 0.475. The summed E-state index contributed by atoms with van der Waals surface area (Å²) < 4.78 is 0. The molecule has 122 valence electrons. The summed E-state index contributed by atoms with van der Waals surface area (Å²) in [6.07, 6.45) is 1.67. The van der Waals surface area contributed by atoms with E-state index in [9.17, 15) is 5.11 Å². The van der Waals surface area contributed by atoms with Crippen molar-refractivity contribution in [1.29, 1.82) is 0 Å². The minimum atomic E-state index is 0.205. The number of rotatable bonds is 3. The largest absolute Gasteiger partial charge is 0.507 e. The number of fused-ring (bicyclic) bond motifs is 1. The third kappa shape index (κ3) is 3.27. The van der Waals surface area contributed by atoms with Gasteiger partial charge in [-0.15, -0.1) is 11.3 Å². The van der Waals surface area contributed by atoms with E-state index < -0.39 is 0 Å². The van der Waals surface area contributed by atoms with Crippen LogP contribution < -0.4 is 0 Å². The zero-order valence-corrected chi connectivity index (χ0v) is 14.6. The van der Waals surface area contributed by atoms with Crippen LogP contribution in [0.15, 0.2) is 71.0 Å². The van der Waals surface area contributed by atoms with E-state index in [2.05, 4.69) is 9.98 Å². The quantitative estimate of drug-likeness (QED) is 0.448. The fourth-order valence-corrected chi connectivity index (χ4v) is 3.41. The highest BCUT2D eigenvalue weighted by Crippen LogP contribution is 2.29. The molecular formula is C20H13ClN2OS. The van der Waals surface area contributed by atoms with Crippen molar-refractivity contribution in [3.05, 3.63) is 76.6 Å². The summed E-state index contributed by atoms with van der Waals surface area (Å²) in [5.41, 5.74) is 2.55. The minimum absolute atomic E-state index is 0.205. The molecule has 25 heavy (non-hydrogen) atoms. The monoisotopic (exact) mass is 364 g/mol. The van der Waals surface area contributed by atoms with Gasteiger partial charge in [-0.3, -0.25) is 0 Å². The zero-order valence-electron chi connectivity index (χ0n) is 13.1. The second-order valence-corrected chi connectivity index (χ2v) is 6.77. The van der Waals surface area contributed by atoms with E-state index in [0.29, 0.717) is 15.7 Å². The Morgan fingerprint density at radius 3 is 2.64 bits per heavy atom. The van der Waals surface area contributed by atoms with Gasteiger partial charge >= 0.3 is 0 Å². The highest BCUT2D eigenvalue weighted by atomic mass is 35.5. The fourth-order valence-electron chi connectivity index (χ4n) is 2.62. The number of aromatic hydroxyl groups is 1. The van der Waals surface area contributed by atoms with Crippen molar-refractivity contribution in [3.8, 4) is 17.0 Å². The molecule has 0 bridgehead atoms. The molecule has 0 spiro atoms. The lowest BCUT2D eigenvalue weighted by Crippen LogP contribution is -1.85. The first-order valence-corrected chi connectivity index (χ1v) is 8.93. The van der Waals surface area contributed by atoms with Crippen molar-refractivity contribution < 1.29 is 5.11 Å². The fraction of sp³-hybridized carbons (Fsp3) is 0. The molecule has 1 heterocycles. The molecule has 1 aromatic heterocycles. The molecule has 4 rings (SSSR count). The maximum Gasteiger partial charge on any atom is 0.209 e. The molecule has 0 atom stereocenters. The van der Waals surface area contributed by atoms with E-state index in [-0.39, 0.29) is 5.75 Å². The van der Waals surface area contributed by atoms with Crippen LogP contribution in [-0.2, 0) is 0 Å². The normalized spacial score (nSPS) is 11.4. The average Bonchev–Trinajstić information content (AvgIpc) is 3.10. The Labute approximate surface area is 153 Å². The van der Waals surface area contributed by atoms with Crippen LogP contribution in [0.25, 0.3) is 22.0 Å². The van der Waals surface area contributed by atoms with Crippen LogP contribution in [0.2, 0.25) is 5.02 Å². The first-order valence-electron chi connectivity index (χ1n) is 7.67. The molecule has 0 aliphatic heterocycles. The molecule has 5 heteroatoms. The number of nitrogens with zero attached hydrogens (tertiary/aromatic N) is 2. The second kappa shape index (κ2) is 6.67. The molecule has 0 aliphatic carbocycles. The maximum atomic E-state index is 10.2. The van der Waals surface area contributed by atoms with Crippen molar-refractivity contribution >= 4 is 45.1 Å². The number of halogens is 1. The summed E-state index contributed by atoms with van der Waals surface area (Å²) in [6, 6.07) is 19.0. The first kappa shape index (κ1) is 15.8. The Balaban J connectivity index is 1.67. The molecule has 3 nitrogen and oxygen atoms in total. The number of hydrogen-bond donors (Lipinski definition) is 1. The summed E-state index contributed by atoms with van der Waals surface area (Å²) in [5.74, 6) is 0.205. The van der Waals surface area contributed by atoms with E-state index in [4.69, 9.17) is 11.6 Å². The van der Waals surface area contributed by atoms with Crippen LogP contribution in [0, 0.1) is 0 Å². The minimum Gasteiger partial charge on any atom is -0.507 e. The van der Waals surface area contributed by atoms with E-state index in [1.54, 1.807) is 12.3 Å². The maximum absolute atomic E-state index is 10.2. The number of thiazole rings is 1. The summed E-state index contributed by atoms with van der Waals surface area (Å²) in [6.45, 7) is 0. The van der Waals surface area contributed by atoms with Gasteiger partial charge in [-0.1, -0.05) is 54.1 Å². The van der Waals surface area contributed by atoms with Gasteiger partial charge in [0.25, 0.3) is 0 Å². The number of phenols is 1. The van der Waals surface area contributed by atoms with Crippen LogP contribution in [-0.4, -0.2) is 16.3 Å². The topological polar surface area (TPSA) is 45.5 Å². The van der Waals surface area contributed by atoms with Gasteiger partial charge in [0, 0.05) is 27.7 Å². The van der Waals surface area contributed by atoms with E-state index in [1.165, 1.54) is 11.3 Å². The predicted octanol–water partition coefficient (Wildman–Crippen LogP) is 6.07. The SMILES string of the molecule is Oc1ccc2ccccc2c1C=Nc1nc(-c2ccc(Cl)cc2)cs1. The Morgan fingerprint density at radius 2 is 1.80 bits per heavy atom. The smallest absolute Gasteiger partial charge is 0.209 e. The van der Waals surface area contributed by atoms with Crippen molar-refractivity contribution in [2.45, 2.75) is 0 Å². The Bertz CT molecular complexity index is 1070. The van der Waals surface area contributed by atoms with Gasteiger partial charge in [-0.05, 0) is 29.0 Å². The van der Waals surface area contributed by atoms with Crippen LogP contribution in [0.5, 0.6) is 5.75 Å². The number of hydrogen-bond acceptors (Lipinski definition) is 4. The average molecular weight is 365 g/mol. The summed E-state index contributed by atoms with van der Waals surface area (Å²) in [5, 5.41) is 15.5. The van der Waals surface area contributed by atoms with E-state index in [1.807, 2.05) is 60.0 Å². The van der Waals surface area contributed by atoms with Crippen molar-refractivity contribution in [1.82, 2.24) is 4.98 Å². The van der Waals surface area contributed by atoms with E-state index in [0.717, 1.165) is 22.0 Å². The molecule has 0 amide bonds. The van der Waals surface area contributed by atoms with Crippen LogP contribution in [0.3, 0.4) is 0 Å². The van der Waals surface area contributed by atoms with Gasteiger partial charge in [0.1, 0.15) is 5.75 Å². The molecule has 1 N–H and O–H groups in total. The standard InChI is InChI=1S/C20H13ClN2OS/c21-15-8-5-14(6-9-15)18-12-25-20(23-18)22-11-17-16-4-2-1-3-13(16)7-10-19(17)24/h1-12,24H. The van der Waals surface area contributed by atoms with Crippen LogP contribution in [0.4, 0.5) is 5.13 Å². The predicted molar refractivity (Wildman–Crippen MR) is 105 cm³/mol. The van der Waals surface area contributed by atoms with Crippen molar-refractivity contribution in [2.24, 2.45) is 4.99 Å². The summed E-state index contributed by atoms with van der Waals surface area (Å²) in [4.78, 5) is 8.98. The molecule has 0 unspecified atom stereocenters. The van der Waals surface area contributed by atoms with Crippen molar-refractivity contribution in [2.75, 3.05) is 0 Å². The highest BCUT2D eigenvalue weighted by molar-refractivity contribution is 7.13. The van der Waals surface area contributed by atoms with Gasteiger partial charge in [0.15, 0.2) is 0 Å². The Morgan fingerprint density at radius 1 is 1.00 bits per heavy atom. The highest BCUT2D eigenvalue weighted by Gasteiger charge is 2.06. The second-order valence-electron chi connectivity index (χ2n) is 5.50. The van der Waals surface area contributed by atoms with Crippen LogP contribution >= 0.6 is 22.9 Å². The number of benzene rings is 3. The molecule has 0 saturated carbocycles. The molecule has 0 fully saturated rings. The molecule has 3 aromatic carbocycles. The Kier molecular flexibility index (Phi) is 4.22. The number of aromatic nitrogens is 1. The number of aliphatic imine (C=N–C) groups is 1. The third-order valence-corrected chi connectivity index (χ3v) is 4.88. The molecule has 4 aromatic rings. The third-order valence-electron chi connectivity index (χ3n) is 3.88. The number of phenolic OH excluding ortho intramolecular Hbond substituents is 1. The molecule has 0 aliphatic rings. The van der Waals surface area contributed by atoms with Crippen LogP contribution in [0.1, 0.15) is 5.56 Å². The summed E-state index contributed by atoms with van der Waals surface area (Å²) >= 11 is 7.37. The van der Waals surface area contributed by atoms with Gasteiger partial charge in [-0.25, -0.2) is 9.98 Å². The lowest BCUT2D eigenvalue weighted by atomic mass is 10.0. The Hall–Kier alpha value is -2.69. The van der Waals surface area contributed by atoms with Gasteiger partial charge in [0.2, 0.25) is 5.13 Å². The molecular weight excluding hydrogens is 352 g/mol. The zero-order chi connectivity index (χ0) is 17.2. The lowest BCUT2D eigenvalue weighted by Gasteiger charge is -2.04. The van der Waals surface area contributed by atoms with Gasteiger partial charge in [0.05, 0.1) is 5.69 Å². The van der Waals surface area contributed by atoms with E-state index >= 15 is 0 Å². The van der Waals surface area contributed by atoms with Crippen molar-refractivity contribution in [3.63, 3.8) is 0 Å². The summed E-state index contributed by atoms with van der Waals surface area (Å²) in [7, 11) is 0.